The summed E-state index contributed by atoms with van der Waals surface area (Å²) in [7, 11) is 0. The number of likely N-dealkylation sites (tertiary alicyclic amines) is 1. The van der Waals surface area contributed by atoms with Gasteiger partial charge in [0.15, 0.2) is 0 Å². The molecule has 0 saturated carbocycles. The van der Waals surface area contributed by atoms with Gasteiger partial charge in [0, 0.05) is 37.2 Å². The Bertz CT molecular complexity index is 929. The zero-order chi connectivity index (χ0) is 20.2. The highest BCUT2D eigenvalue weighted by Crippen LogP contribution is 2.21. The average molecular weight is 437 g/mol. The fraction of sp³-hybridized carbons (Fsp3) is 0.550. The maximum absolute atomic E-state index is 12.4. The fourth-order valence-corrected chi connectivity index (χ4v) is 4.91. The number of carbonyl (C=O) groups is 1. The third-order valence-electron chi connectivity index (χ3n) is 5.55. The molecule has 2 aliphatic rings. The van der Waals surface area contributed by atoms with Crippen LogP contribution in [0.2, 0.25) is 4.34 Å². The standard InChI is InChI=1S/C20H25ClN4O3S/c21-18-5-4-17(29-18)20(27)22-12-15-3-1-2-7-24(15)8-9-25-19(26)11-14-13-28-10-6-16(14)23-25/h4-5,11,15H,1-3,6-10,12-13H2,(H,22,27). The first kappa shape index (κ1) is 20.5. The van der Waals surface area contributed by atoms with Crippen LogP contribution in [0.15, 0.2) is 23.0 Å². The van der Waals surface area contributed by atoms with Crippen LogP contribution < -0.4 is 10.9 Å². The molecule has 1 atom stereocenters. The van der Waals surface area contributed by atoms with E-state index in [-0.39, 0.29) is 17.5 Å². The van der Waals surface area contributed by atoms with Gasteiger partial charge >= 0.3 is 0 Å². The van der Waals surface area contributed by atoms with Crippen molar-refractivity contribution in [2.24, 2.45) is 0 Å². The zero-order valence-electron chi connectivity index (χ0n) is 16.2. The Morgan fingerprint density at radius 2 is 2.24 bits per heavy atom. The summed E-state index contributed by atoms with van der Waals surface area (Å²) in [6, 6.07) is 5.41. The number of hydrogen-bond acceptors (Lipinski definition) is 6. The van der Waals surface area contributed by atoms with Crippen molar-refractivity contribution in [2.45, 2.75) is 44.9 Å². The van der Waals surface area contributed by atoms with Crippen LogP contribution in [0.4, 0.5) is 0 Å². The van der Waals surface area contributed by atoms with Gasteiger partial charge in [-0.05, 0) is 31.5 Å². The molecule has 2 aromatic heterocycles. The highest BCUT2D eigenvalue weighted by Gasteiger charge is 2.23. The quantitative estimate of drug-likeness (QED) is 0.752. The van der Waals surface area contributed by atoms with Crippen molar-refractivity contribution >= 4 is 28.8 Å². The summed E-state index contributed by atoms with van der Waals surface area (Å²) in [6.45, 7) is 3.99. The molecular weight excluding hydrogens is 412 g/mol. The predicted octanol–water partition coefficient (Wildman–Crippen LogP) is 2.32. The smallest absolute Gasteiger partial charge is 0.267 e. The number of piperidine rings is 1. The van der Waals surface area contributed by atoms with Gasteiger partial charge in [0.25, 0.3) is 11.5 Å². The number of hydrogen-bond donors (Lipinski definition) is 1. The van der Waals surface area contributed by atoms with E-state index in [2.05, 4.69) is 15.3 Å². The summed E-state index contributed by atoms with van der Waals surface area (Å²) < 4.78 is 7.59. The summed E-state index contributed by atoms with van der Waals surface area (Å²) in [5.74, 6) is -0.0813. The Hall–Kier alpha value is -1.74. The summed E-state index contributed by atoms with van der Waals surface area (Å²) in [4.78, 5) is 27.7. The molecule has 2 aliphatic heterocycles. The summed E-state index contributed by atoms with van der Waals surface area (Å²) in [5.41, 5.74) is 1.79. The first-order chi connectivity index (χ1) is 14.1. The molecule has 7 nitrogen and oxygen atoms in total. The number of fused-ring (bicyclic) bond motifs is 1. The second kappa shape index (κ2) is 9.38. The minimum atomic E-state index is -0.0813. The van der Waals surface area contributed by atoms with Gasteiger partial charge in [-0.1, -0.05) is 18.0 Å². The van der Waals surface area contributed by atoms with Crippen LogP contribution in [0.25, 0.3) is 0 Å². The van der Waals surface area contributed by atoms with Crippen molar-refractivity contribution in [1.82, 2.24) is 20.0 Å². The number of thiophene rings is 1. The maximum atomic E-state index is 12.4. The molecule has 0 radical (unpaired) electrons. The first-order valence-corrected chi connectivity index (χ1v) is 11.2. The highest BCUT2D eigenvalue weighted by atomic mass is 35.5. The van der Waals surface area contributed by atoms with Gasteiger partial charge in [0.1, 0.15) is 0 Å². The van der Waals surface area contributed by atoms with E-state index in [0.29, 0.717) is 35.5 Å². The second-order valence-corrected chi connectivity index (χ2v) is 9.19. The fourth-order valence-electron chi connectivity index (χ4n) is 3.96. The van der Waals surface area contributed by atoms with E-state index in [9.17, 15) is 9.59 Å². The Morgan fingerprint density at radius 3 is 3.07 bits per heavy atom. The van der Waals surface area contributed by atoms with E-state index in [1.807, 2.05) is 0 Å². The minimum absolute atomic E-state index is 0.0781. The van der Waals surface area contributed by atoms with Gasteiger partial charge in [0.2, 0.25) is 0 Å². The number of nitrogens with one attached hydrogen (secondary N) is 1. The Morgan fingerprint density at radius 1 is 1.34 bits per heavy atom. The number of halogens is 1. The molecule has 1 fully saturated rings. The molecule has 0 aromatic carbocycles. The molecule has 1 N–H and O–H groups in total. The topological polar surface area (TPSA) is 76.5 Å². The third kappa shape index (κ3) is 5.06. The lowest BCUT2D eigenvalue weighted by molar-refractivity contribution is 0.0911. The normalized spacial score (nSPS) is 19.7. The van der Waals surface area contributed by atoms with Crippen LogP contribution in [-0.4, -0.2) is 52.9 Å². The predicted molar refractivity (Wildman–Crippen MR) is 113 cm³/mol. The number of nitrogens with zero attached hydrogens (tertiary/aromatic N) is 3. The van der Waals surface area contributed by atoms with Crippen molar-refractivity contribution < 1.29 is 9.53 Å². The van der Waals surface area contributed by atoms with Crippen LogP contribution in [0, 0.1) is 0 Å². The Kier molecular flexibility index (Phi) is 6.64. The molecule has 4 rings (SSSR count). The van der Waals surface area contributed by atoms with E-state index in [1.54, 1.807) is 22.9 Å². The molecule has 0 bridgehead atoms. The van der Waals surface area contributed by atoms with E-state index in [0.717, 1.165) is 50.0 Å². The van der Waals surface area contributed by atoms with Crippen molar-refractivity contribution in [3.05, 3.63) is 49.0 Å². The van der Waals surface area contributed by atoms with Crippen molar-refractivity contribution in [2.75, 3.05) is 26.2 Å². The molecule has 0 aliphatic carbocycles. The van der Waals surface area contributed by atoms with Crippen molar-refractivity contribution in [1.29, 1.82) is 0 Å². The van der Waals surface area contributed by atoms with Gasteiger partial charge < -0.3 is 10.1 Å². The first-order valence-electron chi connectivity index (χ1n) is 10.1. The summed E-state index contributed by atoms with van der Waals surface area (Å²) >= 11 is 7.21. The molecular formula is C20H25ClN4O3S. The molecule has 1 amide bonds. The number of carbonyl (C=O) groups excluding carboxylic acids is 1. The van der Waals surface area contributed by atoms with Crippen LogP contribution >= 0.6 is 22.9 Å². The van der Waals surface area contributed by atoms with Gasteiger partial charge in [-0.3, -0.25) is 14.5 Å². The SMILES string of the molecule is O=C(NCC1CCCCN1CCn1nc2c(cc1=O)COCC2)c1ccc(Cl)s1. The van der Waals surface area contributed by atoms with Crippen LogP contribution in [0.1, 0.15) is 40.2 Å². The van der Waals surface area contributed by atoms with Gasteiger partial charge in [-0.25, -0.2) is 4.68 Å². The molecule has 2 aromatic rings. The van der Waals surface area contributed by atoms with E-state index < -0.39 is 0 Å². The Labute approximate surface area is 178 Å². The summed E-state index contributed by atoms with van der Waals surface area (Å²) in [6.07, 6.45) is 4.07. The summed E-state index contributed by atoms with van der Waals surface area (Å²) in [5, 5.41) is 7.59. The monoisotopic (exact) mass is 436 g/mol. The number of rotatable bonds is 6. The van der Waals surface area contributed by atoms with Gasteiger partial charge in [0.05, 0.1) is 34.7 Å². The number of aromatic nitrogens is 2. The number of amides is 1. The second-order valence-electron chi connectivity index (χ2n) is 7.48. The lowest BCUT2D eigenvalue weighted by atomic mass is 10.0. The molecule has 4 heterocycles. The van der Waals surface area contributed by atoms with Gasteiger partial charge in [-0.2, -0.15) is 5.10 Å². The molecule has 1 saturated heterocycles. The number of ether oxygens (including phenoxy) is 1. The van der Waals surface area contributed by atoms with Crippen LogP contribution in [0.3, 0.4) is 0 Å². The van der Waals surface area contributed by atoms with Crippen LogP contribution in [-0.2, 0) is 24.3 Å². The average Bonchev–Trinajstić information content (AvgIpc) is 3.17. The van der Waals surface area contributed by atoms with E-state index in [1.165, 1.54) is 11.3 Å². The lowest BCUT2D eigenvalue weighted by Crippen LogP contribution is -2.48. The van der Waals surface area contributed by atoms with Crippen LogP contribution in [0.5, 0.6) is 0 Å². The van der Waals surface area contributed by atoms with E-state index in [4.69, 9.17) is 16.3 Å². The lowest BCUT2D eigenvalue weighted by Gasteiger charge is -2.35. The molecule has 156 valence electrons. The molecule has 0 spiro atoms. The van der Waals surface area contributed by atoms with Crippen molar-refractivity contribution in [3.63, 3.8) is 0 Å². The molecule has 9 heteroatoms. The zero-order valence-corrected chi connectivity index (χ0v) is 17.8. The van der Waals surface area contributed by atoms with Gasteiger partial charge in [-0.15, -0.1) is 11.3 Å². The van der Waals surface area contributed by atoms with E-state index >= 15 is 0 Å². The molecule has 1 unspecified atom stereocenters. The van der Waals surface area contributed by atoms with Crippen molar-refractivity contribution in [3.8, 4) is 0 Å². The Balaban J connectivity index is 1.35. The minimum Gasteiger partial charge on any atom is -0.376 e. The highest BCUT2D eigenvalue weighted by molar-refractivity contribution is 7.17. The maximum Gasteiger partial charge on any atom is 0.267 e. The molecule has 29 heavy (non-hydrogen) atoms. The third-order valence-corrected chi connectivity index (χ3v) is 6.78. The largest absolute Gasteiger partial charge is 0.376 e.